The van der Waals surface area contributed by atoms with Crippen LogP contribution < -0.4 is 11.1 Å². The number of nitrogens with zero attached hydrogens (tertiary/aromatic N) is 3. The number of fused-ring (bicyclic) bond motifs is 1. The molecule has 1 fully saturated rings. The van der Waals surface area contributed by atoms with E-state index in [1.807, 2.05) is 30.5 Å². The second-order valence-corrected chi connectivity index (χ2v) is 7.24. The number of nitrogens with one attached hydrogen (secondary N) is 1. The van der Waals surface area contributed by atoms with E-state index < -0.39 is 0 Å². The molecule has 29 heavy (non-hydrogen) atoms. The number of aliphatic imine (C=N–C) groups is 1. The van der Waals surface area contributed by atoms with Crippen LogP contribution in [0.4, 0.5) is 4.39 Å². The smallest absolute Gasteiger partial charge is 0.123 e. The zero-order valence-corrected chi connectivity index (χ0v) is 16.2. The molecule has 5 nitrogen and oxygen atoms in total. The topological polar surface area (TPSA) is 67.7 Å². The summed E-state index contributed by atoms with van der Waals surface area (Å²) < 4.78 is 15.5. The molecule has 0 spiro atoms. The van der Waals surface area contributed by atoms with E-state index in [9.17, 15) is 4.39 Å². The van der Waals surface area contributed by atoms with Gasteiger partial charge in [-0.3, -0.25) is 0 Å². The first kappa shape index (κ1) is 18.9. The molecule has 148 valence electrons. The number of aromatic nitrogens is 2. The minimum Gasteiger partial charge on any atom is -0.398 e. The molecule has 2 heterocycles. The van der Waals surface area contributed by atoms with Crippen LogP contribution in [0.5, 0.6) is 0 Å². The van der Waals surface area contributed by atoms with Gasteiger partial charge in [0.15, 0.2) is 0 Å². The maximum absolute atomic E-state index is 13.8. The van der Waals surface area contributed by atoms with E-state index in [0.717, 1.165) is 23.9 Å². The van der Waals surface area contributed by atoms with Gasteiger partial charge in [-0.1, -0.05) is 37.6 Å². The van der Waals surface area contributed by atoms with Gasteiger partial charge in [0.1, 0.15) is 17.3 Å². The van der Waals surface area contributed by atoms with Crippen LogP contribution in [0.3, 0.4) is 0 Å². The molecule has 4 rings (SSSR count). The predicted molar refractivity (Wildman–Crippen MR) is 116 cm³/mol. The lowest BCUT2D eigenvalue weighted by Crippen LogP contribution is -2.23. The molecule has 1 aliphatic carbocycles. The Morgan fingerprint density at radius 1 is 1.24 bits per heavy atom. The van der Waals surface area contributed by atoms with Crippen molar-refractivity contribution in [2.75, 3.05) is 0 Å². The summed E-state index contributed by atoms with van der Waals surface area (Å²) in [5, 5.41) is 7.95. The van der Waals surface area contributed by atoms with E-state index in [4.69, 9.17) is 5.73 Å². The standard InChI is InChI=1S/C23H24FN5/c1-16(27-19-9-2-3-10-19)26-13-12-20(25)22-21-11-4-5-14-29(21)28-23(22)17-7-6-8-18(24)15-17/h4-8,11-15,19,27H,1-3,9-10,25H2/b20-12-,26-13?. The Balaban J connectivity index is 1.64. The third kappa shape index (κ3) is 4.21. The summed E-state index contributed by atoms with van der Waals surface area (Å²) in [5.41, 5.74) is 9.79. The van der Waals surface area contributed by atoms with Crippen LogP contribution in [0.1, 0.15) is 31.2 Å². The maximum atomic E-state index is 13.8. The number of nitrogens with two attached hydrogens (primary N) is 1. The lowest BCUT2D eigenvalue weighted by molar-refractivity contribution is 0.583. The number of benzene rings is 1. The van der Waals surface area contributed by atoms with Crippen molar-refractivity contribution < 1.29 is 4.39 Å². The maximum Gasteiger partial charge on any atom is 0.123 e. The second kappa shape index (κ2) is 8.31. The summed E-state index contributed by atoms with van der Waals surface area (Å²) in [6.45, 7) is 3.97. The second-order valence-electron chi connectivity index (χ2n) is 7.24. The highest BCUT2D eigenvalue weighted by Crippen LogP contribution is 2.30. The quantitative estimate of drug-likeness (QED) is 0.610. The van der Waals surface area contributed by atoms with Gasteiger partial charge in [0.2, 0.25) is 0 Å². The highest BCUT2D eigenvalue weighted by molar-refractivity contribution is 5.93. The molecule has 0 aliphatic heterocycles. The van der Waals surface area contributed by atoms with Crippen molar-refractivity contribution >= 4 is 17.4 Å². The fourth-order valence-corrected chi connectivity index (χ4v) is 3.76. The van der Waals surface area contributed by atoms with Gasteiger partial charge in [-0.15, -0.1) is 0 Å². The van der Waals surface area contributed by atoms with Crippen molar-refractivity contribution in [3.8, 4) is 11.3 Å². The van der Waals surface area contributed by atoms with Crippen molar-refractivity contribution in [1.29, 1.82) is 0 Å². The summed E-state index contributed by atoms with van der Waals surface area (Å²) in [7, 11) is 0. The SMILES string of the molecule is C=C(N=C/C=C(\N)c1c(-c2cccc(F)c2)nn2ccccc12)NC1CCCC1. The number of hydrogen-bond acceptors (Lipinski definition) is 4. The number of allylic oxidation sites excluding steroid dienone is 1. The first-order chi connectivity index (χ1) is 14.1. The Bertz CT molecular complexity index is 1090. The average molecular weight is 389 g/mol. The average Bonchev–Trinajstić information content (AvgIpc) is 3.35. The van der Waals surface area contributed by atoms with Crippen molar-refractivity contribution in [1.82, 2.24) is 14.9 Å². The molecule has 0 radical (unpaired) electrons. The summed E-state index contributed by atoms with van der Waals surface area (Å²) in [5.74, 6) is 0.315. The molecule has 6 heteroatoms. The lowest BCUT2D eigenvalue weighted by atomic mass is 10.0. The molecular weight excluding hydrogens is 365 g/mol. The summed E-state index contributed by atoms with van der Waals surface area (Å²) in [4.78, 5) is 4.36. The number of halogens is 1. The van der Waals surface area contributed by atoms with Crippen molar-refractivity contribution in [3.05, 3.63) is 78.5 Å². The predicted octanol–water partition coefficient (Wildman–Crippen LogP) is 4.51. The first-order valence-electron chi connectivity index (χ1n) is 9.81. The number of hydrogen-bond donors (Lipinski definition) is 2. The van der Waals surface area contributed by atoms with Gasteiger partial charge in [-0.2, -0.15) is 5.10 Å². The molecule has 0 saturated heterocycles. The molecule has 0 atom stereocenters. The molecule has 0 bridgehead atoms. The molecule has 3 aromatic rings. The molecule has 2 aromatic heterocycles. The van der Waals surface area contributed by atoms with Gasteiger partial charge in [0.05, 0.1) is 11.1 Å². The van der Waals surface area contributed by atoms with Crippen molar-refractivity contribution in [2.45, 2.75) is 31.7 Å². The molecular formula is C23H24FN5. The lowest BCUT2D eigenvalue weighted by Gasteiger charge is -2.11. The van der Waals surface area contributed by atoms with E-state index in [1.165, 1.54) is 25.0 Å². The zero-order valence-electron chi connectivity index (χ0n) is 16.2. The highest BCUT2D eigenvalue weighted by atomic mass is 19.1. The molecule has 1 aromatic carbocycles. The fraction of sp³-hybridized carbons (Fsp3) is 0.217. The van der Waals surface area contributed by atoms with Crippen molar-refractivity contribution in [2.24, 2.45) is 10.7 Å². The van der Waals surface area contributed by atoms with Gasteiger partial charge in [-0.05, 0) is 43.2 Å². The van der Waals surface area contributed by atoms with Crippen LogP contribution in [0.25, 0.3) is 22.5 Å². The van der Waals surface area contributed by atoms with Crippen LogP contribution in [-0.2, 0) is 0 Å². The monoisotopic (exact) mass is 389 g/mol. The Morgan fingerprint density at radius 3 is 2.86 bits per heavy atom. The van der Waals surface area contributed by atoms with Crippen LogP contribution in [-0.4, -0.2) is 21.9 Å². The fourth-order valence-electron chi connectivity index (χ4n) is 3.76. The minimum absolute atomic E-state index is 0.316. The minimum atomic E-state index is -0.316. The van der Waals surface area contributed by atoms with Gasteiger partial charge in [0, 0.05) is 29.7 Å². The molecule has 0 amide bonds. The van der Waals surface area contributed by atoms with Gasteiger partial charge >= 0.3 is 0 Å². The van der Waals surface area contributed by atoms with Gasteiger partial charge in [0.25, 0.3) is 0 Å². The molecule has 1 saturated carbocycles. The summed E-state index contributed by atoms with van der Waals surface area (Å²) in [6, 6.07) is 12.6. The van der Waals surface area contributed by atoms with E-state index in [1.54, 1.807) is 22.9 Å². The van der Waals surface area contributed by atoms with Crippen LogP contribution in [0.15, 0.2) is 72.1 Å². The normalized spacial score (nSPS) is 15.4. The third-order valence-electron chi connectivity index (χ3n) is 5.14. The van der Waals surface area contributed by atoms with Gasteiger partial charge in [-0.25, -0.2) is 13.9 Å². The Morgan fingerprint density at radius 2 is 2.07 bits per heavy atom. The molecule has 1 aliphatic rings. The Labute approximate surface area is 169 Å². The first-order valence-corrected chi connectivity index (χ1v) is 9.81. The Hall–Kier alpha value is -3.41. The van der Waals surface area contributed by atoms with Crippen LogP contribution >= 0.6 is 0 Å². The summed E-state index contributed by atoms with van der Waals surface area (Å²) in [6.07, 6.45) is 10.0. The number of rotatable bonds is 6. The van der Waals surface area contributed by atoms with E-state index in [-0.39, 0.29) is 5.82 Å². The zero-order chi connectivity index (χ0) is 20.2. The van der Waals surface area contributed by atoms with E-state index >= 15 is 0 Å². The summed E-state index contributed by atoms with van der Waals surface area (Å²) >= 11 is 0. The molecule has 0 unspecified atom stereocenters. The van der Waals surface area contributed by atoms with Crippen molar-refractivity contribution in [3.63, 3.8) is 0 Å². The molecule has 3 N–H and O–H groups in total. The van der Waals surface area contributed by atoms with Gasteiger partial charge < -0.3 is 11.1 Å². The number of pyridine rings is 1. The van der Waals surface area contributed by atoms with E-state index in [2.05, 4.69) is 22.0 Å². The Kier molecular flexibility index (Phi) is 5.42. The third-order valence-corrected chi connectivity index (χ3v) is 5.14. The largest absolute Gasteiger partial charge is 0.398 e. The van der Waals surface area contributed by atoms with E-state index in [0.29, 0.717) is 28.8 Å². The van der Waals surface area contributed by atoms with Crippen LogP contribution in [0, 0.1) is 5.82 Å². The highest BCUT2D eigenvalue weighted by Gasteiger charge is 2.17. The van der Waals surface area contributed by atoms with Crippen LogP contribution in [0.2, 0.25) is 0 Å².